The summed E-state index contributed by atoms with van der Waals surface area (Å²) in [6.45, 7) is 7.40. The molecule has 2 unspecified atom stereocenters. The third-order valence-electron chi connectivity index (χ3n) is 1.85. The molecule has 2 N–H and O–H groups in total. The van der Waals surface area contributed by atoms with Crippen LogP contribution in [-0.4, -0.2) is 16.3 Å². The molecular formula is C9H18O2. The van der Waals surface area contributed by atoms with Crippen molar-refractivity contribution in [2.75, 3.05) is 0 Å². The van der Waals surface area contributed by atoms with Crippen LogP contribution in [0.3, 0.4) is 0 Å². The van der Waals surface area contributed by atoms with Crippen molar-refractivity contribution in [2.45, 2.75) is 39.2 Å². The van der Waals surface area contributed by atoms with E-state index in [1.54, 1.807) is 0 Å². The van der Waals surface area contributed by atoms with E-state index in [1.807, 2.05) is 6.92 Å². The molecule has 0 aromatic carbocycles. The van der Waals surface area contributed by atoms with Gasteiger partial charge in [0.2, 0.25) is 0 Å². The van der Waals surface area contributed by atoms with E-state index in [2.05, 4.69) is 13.5 Å². The average molecular weight is 158 g/mol. The van der Waals surface area contributed by atoms with Crippen molar-refractivity contribution in [1.29, 1.82) is 0 Å². The Morgan fingerprint density at radius 2 is 2.09 bits per heavy atom. The van der Waals surface area contributed by atoms with Crippen LogP contribution in [0.5, 0.6) is 0 Å². The summed E-state index contributed by atoms with van der Waals surface area (Å²) in [6.07, 6.45) is 1.93. The third kappa shape index (κ3) is 4.85. The highest BCUT2D eigenvalue weighted by molar-refractivity contribution is 4.83. The Labute approximate surface area is 68.6 Å². The highest BCUT2D eigenvalue weighted by Crippen LogP contribution is 2.15. The van der Waals surface area contributed by atoms with Gasteiger partial charge in [-0.2, -0.15) is 0 Å². The molecule has 0 aliphatic heterocycles. The maximum absolute atomic E-state index is 9.40. The van der Waals surface area contributed by atoms with Gasteiger partial charge in [-0.15, -0.1) is 0 Å². The summed E-state index contributed by atoms with van der Waals surface area (Å²) in [6, 6.07) is 0. The van der Waals surface area contributed by atoms with E-state index in [0.29, 0.717) is 6.42 Å². The largest absolute Gasteiger partial charge is 0.513 e. The first-order chi connectivity index (χ1) is 5.07. The minimum absolute atomic E-state index is 0.0699. The first-order valence-corrected chi connectivity index (χ1v) is 4.12. The maximum atomic E-state index is 9.40. The van der Waals surface area contributed by atoms with Gasteiger partial charge < -0.3 is 10.2 Å². The fourth-order valence-corrected chi connectivity index (χ4v) is 1.09. The van der Waals surface area contributed by atoms with Gasteiger partial charge in [0.05, 0.1) is 11.9 Å². The maximum Gasteiger partial charge on any atom is 0.0877 e. The van der Waals surface area contributed by atoms with Gasteiger partial charge in [-0.25, -0.2) is 0 Å². The molecule has 0 aromatic rings. The Balaban J connectivity index is 3.63. The molecule has 66 valence electrons. The van der Waals surface area contributed by atoms with E-state index in [-0.39, 0.29) is 11.7 Å². The van der Waals surface area contributed by atoms with Gasteiger partial charge in [-0.3, -0.25) is 0 Å². The molecule has 2 atom stereocenters. The lowest BCUT2D eigenvalue weighted by Gasteiger charge is -2.16. The number of aliphatic hydroxyl groups is 2. The highest BCUT2D eigenvalue weighted by atomic mass is 16.3. The van der Waals surface area contributed by atoms with Crippen LogP contribution in [0.15, 0.2) is 12.3 Å². The second kappa shape index (κ2) is 5.19. The normalized spacial score (nSPS) is 15.9. The van der Waals surface area contributed by atoms with E-state index < -0.39 is 6.10 Å². The molecule has 0 fully saturated rings. The van der Waals surface area contributed by atoms with Gasteiger partial charge >= 0.3 is 0 Å². The molecule has 2 nitrogen and oxygen atoms in total. The molecular weight excluding hydrogens is 140 g/mol. The van der Waals surface area contributed by atoms with Crippen molar-refractivity contribution >= 4 is 0 Å². The van der Waals surface area contributed by atoms with Crippen LogP contribution in [-0.2, 0) is 0 Å². The Kier molecular flexibility index (Phi) is 4.95. The monoisotopic (exact) mass is 158 g/mol. The van der Waals surface area contributed by atoms with E-state index in [0.717, 1.165) is 12.8 Å². The molecule has 0 aromatic heterocycles. The molecule has 0 amide bonds. The molecule has 0 saturated heterocycles. The predicted octanol–water partition coefficient (Wildman–Crippen LogP) is 2.25. The second-order valence-corrected chi connectivity index (χ2v) is 3.10. The standard InChI is InChI=1S/C9H18O2/c1-4-5-7(2)9(11)6-8(3)10/h7,9-11H,3-6H2,1-2H3. The lowest BCUT2D eigenvalue weighted by molar-refractivity contribution is 0.100. The fourth-order valence-electron chi connectivity index (χ4n) is 1.09. The van der Waals surface area contributed by atoms with Gasteiger partial charge in [0.1, 0.15) is 0 Å². The van der Waals surface area contributed by atoms with Crippen LogP contribution in [0, 0.1) is 5.92 Å². The Morgan fingerprint density at radius 3 is 2.45 bits per heavy atom. The van der Waals surface area contributed by atoms with Crippen molar-refractivity contribution in [1.82, 2.24) is 0 Å². The molecule has 0 spiro atoms. The van der Waals surface area contributed by atoms with Crippen LogP contribution in [0.4, 0.5) is 0 Å². The predicted molar refractivity (Wildman–Crippen MR) is 46.5 cm³/mol. The Morgan fingerprint density at radius 1 is 1.55 bits per heavy atom. The van der Waals surface area contributed by atoms with Crippen LogP contribution in [0.2, 0.25) is 0 Å². The van der Waals surface area contributed by atoms with Crippen molar-refractivity contribution in [3.05, 3.63) is 12.3 Å². The number of aliphatic hydroxyl groups excluding tert-OH is 2. The number of rotatable bonds is 5. The van der Waals surface area contributed by atoms with Gasteiger partial charge in [0.25, 0.3) is 0 Å². The average Bonchev–Trinajstić information content (AvgIpc) is 1.86. The summed E-state index contributed by atoms with van der Waals surface area (Å²) in [5, 5.41) is 18.2. The summed E-state index contributed by atoms with van der Waals surface area (Å²) in [7, 11) is 0. The molecule has 2 heteroatoms. The molecule has 0 radical (unpaired) electrons. The van der Waals surface area contributed by atoms with E-state index in [1.165, 1.54) is 0 Å². The zero-order valence-corrected chi connectivity index (χ0v) is 7.38. The minimum atomic E-state index is -0.438. The summed E-state index contributed by atoms with van der Waals surface area (Å²) in [4.78, 5) is 0. The summed E-state index contributed by atoms with van der Waals surface area (Å²) in [5.41, 5.74) is 0. The summed E-state index contributed by atoms with van der Waals surface area (Å²) < 4.78 is 0. The van der Waals surface area contributed by atoms with E-state index in [9.17, 15) is 5.11 Å². The smallest absolute Gasteiger partial charge is 0.0877 e. The van der Waals surface area contributed by atoms with E-state index >= 15 is 0 Å². The van der Waals surface area contributed by atoms with Crippen LogP contribution < -0.4 is 0 Å². The molecule has 0 saturated carbocycles. The Bertz CT molecular complexity index is 121. The highest BCUT2D eigenvalue weighted by Gasteiger charge is 2.13. The SMILES string of the molecule is C=C(O)CC(O)C(C)CCC. The molecule has 0 heterocycles. The van der Waals surface area contributed by atoms with Gasteiger partial charge in [0.15, 0.2) is 0 Å². The third-order valence-corrected chi connectivity index (χ3v) is 1.85. The summed E-state index contributed by atoms with van der Waals surface area (Å²) in [5.74, 6) is 0.323. The van der Waals surface area contributed by atoms with E-state index in [4.69, 9.17) is 5.11 Å². The first-order valence-electron chi connectivity index (χ1n) is 4.12. The van der Waals surface area contributed by atoms with Gasteiger partial charge in [0, 0.05) is 6.42 Å². The minimum Gasteiger partial charge on any atom is -0.513 e. The van der Waals surface area contributed by atoms with Crippen molar-refractivity contribution in [3.63, 3.8) is 0 Å². The molecule has 0 bridgehead atoms. The Hall–Kier alpha value is -0.500. The van der Waals surface area contributed by atoms with Crippen molar-refractivity contribution in [2.24, 2.45) is 5.92 Å². The van der Waals surface area contributed by atoms with Crippen molar-refractivity contribution < 1.29 is 10.2 Å². The topological polar surface area (TPSA) is 40.5 Å². The number of hydrogen-bond donors (Lipinski definition) is 2. The van der Waals surface area contributed by atoms with Gasteiger partial charge in [-0.1, -0.05) is 26.8 Å². The molecule has 0 aliphatic carbocycles. The fraction of sp³-hybridized carbons (Fsp3) is 0.778. The lowest BCUT2D eigenvalue weighted by atomic mass is 9.97. The van der Waals surface area contributed by atoms with Crippen LogP contribution in [0.1, 0.15) is 33.1 Å². The quantitative estimate of drug-likeness (QED) is 0.602. The first kappa shape index (κ1) is 10.5. The molecule has 0 rings (SSSR count). The zero-order chi connectivity index (χ0) is 8.85. The van der Waals surface area contributed by atoms with Crippen LogP contribution in [0.25, 0.3) is 0 Å². The van der Waals surface area contributed by atoms with Gasteiger partial charge in [-0.05, 0) is 12.3 Å². The van der Waals surface area contributed by atoms with Crippen LogP contribution >= 0.6 is 0 Å². The lowest BCUT2D eigenvalue weighted by Crippen LogP contribution is -2.17. The summed E-state index contributed by atoms with van der Waals surface area (Å²) >= 11 is 0. The molecule has 11 heavy (non-hydrogen) atoms. The molecule has 0 aliphatic rings. The van der Waals surface area contributed by atoms with Crippen molar-refractivity contribution in [3.8, 4) is 0 Å². The second-order valence-electron chi connectivity index (χ2n) is 3.10. The number of hydrogen-bond acceptors (Lipinski definition) is 2. The zero-order valence-electron chi connectivity index (χ0n) is 7.38.